The number of rotatable bonds is 6. The zero-order valence-corrected chi connectivity index (χ0v) is 14.3. The molecule has 0 aliphatic rings. The minimum Gasteiger partial charge on any atom is -0.389 e. The molecule has 0 heterocycles. The summed E-state index contributed by atoms with van der Waals surface area (Å²) in [5.74, 6) is 0. The highest BCUT2D eigenvalue weighted by Crippen LogP contribution is 2.30. The van der Waals surface area contributed by atoms with Crippen LogP contribution in [0.4, 0.5) is 5.69 Å². The fourth-order valence-electron chi connectivity index (χ4n) is 1.78. The van der Waals surface area contributed by atoms with Crippen molar-refractivity contribution in [2.75, 3.05) is 13.1 Å². The van der Waals surface area contributed by atoms with Gasteiger partial charge in [0.25, 0.3) is 5.69 Å². The third-order valence-corrected chi connectivity index (χ3v) is 5.10. The maximum Gasteiger partial charge on any atom is 0.289 e. The first-order chi connectivity index (χ1) is 9.49. The third kappa shape index (κ3) is 4.47. The number of nitrogens with zero attached hydrogens (tertiary/aromatic N) is 2. The SMILES string of the molecule is CCN(CC(C)(C)O)S(=O)(=O)c1cc(Br)ccc1[N+](=O)[O-]. The molecule has 7 nitrogen and oxygen atoms in total. The Balaban J connectivity index is 3.42. The number of benzene rings is 1. The van der Waals surface area contributed by atoms with E-state index < -0.39 is 31.1 Å². The van der Waals surface area contributed by atoms with Gasteiger partial charge < -0.3 is 5.11 Å². The van der Waals surface area contributed by atoms with Crippen molar-refractivity contribution in [3.63, 3.8) is 0 Å². The van der Waals surface area contributed by atoms with Crippen LogP contribution in [0.1, 0.15) is 20.8 Å². The monoisotopic (exact) mass is 380 g/mol. The largest absolute Gasteiger partial charge is 0.389 e. The van der Waals surface area contributed by atoms with E-state index in [-0.39, 0.29) is 13.1 Å². The van der Waals surface area contributed by atoms with Crippen LogP contribution in [0.25, 0.3) is 0 Å². The summed E-state index contributed by atoms with van der Waals surface area (Å²) < 4.78 is 26.7. The van der Waals surface area contributed by atoms with E-state index in [1.54, 1.807) is 6.92 Å². The summed E-state index contributed by atoms with van der Waals surface area (Å²) in [6.45, 7) is 4.49. The first-order valence-electron chi connectivity index (χ1n) is 6.15. The Morgan fingerprint density at radius 2 is 2.00 bits per heavy atom. The highest BCUT2D eigenvalue weighted by Gasteiger charge is 2.33. The smallest absolute Gasteiger partial charge is 0.289 e. The third-order valence-electron chi connectivity index (χ3n) is 2.65. The molecule has 1 aromatic rings. The normalized spacial score (nSPS) is 12.7. The van der Waals surface area contributed by atoms with E-state index >= 15 is 0 Å². The summed E-state index contributed by atoms with van der Waals surface area (Å²) in [6, 6.07) is 3.73. The van der Waals surface area contributed by atoms with Crippen molar-refractivity contribution in [1.82, 2.24) is 4.31 Å². The minimum absolute atomic E-state index is 0.0932. The number of hydrogen-bond donors (Lipinski definition) is 1. The van der Waals surface area contributed by atoms with E-state index in [4.69, 9.17) is 0 Å². The summed E-state index contributed by atoms with van der Waals surface area (Å²) in [5.41, 5.74) is -1.74. The number of aliphatic hydroxyl groups is 1. The standard InChI is InChI=1S/C12H17BrN2O5S/c1-4-14(8-12(2,3)16)21(19,20)11-7-9(13)5-6-10(11)15(17)18/h5-7,16H,4,8H2,1-3H3. The van der Waals surface area contributed by atoms with Crippen molar-refractivity contribution in [2.24, 2.45) is 0 Å². The fraction of sp³-hybridized carbons (Fsp3) is 0.500. The molecule has 1 aromatic carbocycles. The van der Waals surface area contributed by atoms with Crippen molar-refractivity contribution < 1.29 is 18.4 Å². The zero-order valence-electron chi connectivity index (χ0n) is 11.9. The van der Waals surface area contributed by atoms with Gasteiger partial charge in [-0.05, 0) is 26.0 Å². The maximum atomic E-state index is 12.6. The number of nitro benzene ring substituents is 1. The van der Waals surface area contributed by atoms with E-state index in [0.29, 0.717) is 4.47 Å². The molecule has 0 bridgehead atoms. The Bertz CT molecular complexity index is 640. The highest BCUT2D eigenvalue weighted by molar-refractivity contribution is 9.10. The second kappa shape index (κ2) is 6.39. The molecular formula is C12H17BrN2O5S. The highest BCUT2D eigenvalue weighted by atomic mass is 79.9. The number of likely N-dealkylation sites (N-methyl/N-ethyl adjacent to an activating group) is 1. The lowest BCUT2D eigenvalue weighted by Crippen LogP contribution is -2.42. The molecule has 9 heteroatoms. The molecule has 1 N–H and O–H groups in total. The van der Waals surface area contributed by atoms with Crippen LogP contribution >= 0.6 is 15.9 Å². The lowest BCUT2D eigenvalue weighted by Gasteiger charge is -2.27. The molecule has 21 heavy (non-hydrogen) atoms. The lowest BCUT2D eigenvalue weighted by atomic mass is 10.1. The lowest BCUT2D eigenvalue weighted by molar-refractivity contribution is -0.387. The molecule has 0 spiro atoms. The van der Waals surface area contributed by atoms with Crippen LogP contribution in [-0.2, 0) is 10.0 Å². The molecule has 0 unspecified atom stereocenters. The number of sulfonamides is 1. The van der Waals surface area contributed by atoms with Crippen molar-refractivity contribution in [2.45, 2.75) is 31.3 Å². The van der Waals surface area contributed by atoms with Crippen LogP contribution in [0, 0.1) is 10.1 Å². The van der Waals surface area contributed by atoms with Gasteiger partial charge >= 0.3 is 0 Å². The fourth-order valence-corrected chi connectivity index (χ4v) is 4.08. The van der Waals surface area contributed by atoms with Gasteiger partial charge in [0.05, 0.1) is 10.5 Å². The van der Waals surface area contributed by atoms with Crippen LogP contribution in [0.3, 0.4) is 0 Å². The topological polar surface area (TPSA) is 101 Å². The molecule has 0 atom stereocenters. The molecule has 0 fully saturated rings. The van der Waals surface area contributed by atoms with Gasteiger partial charge in [-0.1, -0.05) is 22.9 Å². The number of nitro groups is 1. The average Bonchev–Trinajstić information content (AvgIpc) is 2.34. The summed E-state index contributed by atoms with van der Waals surface area (Å²) in [7, 11) is -4.08. The van der Waals surface area contributed by atoms with Crippen molar-refractivity contribution >= 4 is 31.6 Å². The van der Waals surface area contributed by atoms with Crippen LogP contribution in [0.15, 0.2) is 27.6 Å². The quantitative estimate of drug-likeness (QED) is 0.601. The van der Waals surface area contributed by atoms with E-state index in [0.717, 1.165) is 10.4 Å². The van der Waals surface area contributed by atoms with Gasteiger partial charge in [-0.25, -0.2) is 8.42 Å². The summed E-state index contributed by atoms with van der Waals surface area (Å²) in [5, 5.41) is 20.8. The van der Waals surface area contributed by atoms with Gasteiger partial charge in [0.15, 0.2) is 4.90 Å². The Kier molecular flexibility index (Phi) is 5.48. The Morgan fingerprint density at radius 1 is 1.43 bits per heavy atom. The molecule has 0 aliphatic heterocycles. The van der Waals surface area contributed by atoms with Gasteiger partial charge in [-0.2, -0.15) is 4.31 Å². The Labute approximate surface area is 131 Å². The summed E-state index contributed by atoms with van der Waals surface area (Å²) >= 11 is 3.12. The molecule has 0 aliphatic carbocycles. The Morgan fingerprint density at radius 3 is 2.43 bits per heavy atom. The van der Waals surface area contributed by atoms with Crippen LogP contribution in [0.5, 0.6) is 0 Å². The predicted octanol–water partition coefficient (Wildman–Crippen LogP) is 2.14. The predicted molar refractivity (Wildman–Crippen MR) is 81.5 cm³/mol. The van der Waals surface area contributed by atoms with E-state index in [1.165, 1.54) is 26.0 Å². The van der Waals surface area contributed by atoms with Crippen molar-refractivity contribution in [3.05, 3.63) is 32.8 Å². The second-order valence-corrected chi connectivity index (χ2v) is 7.93. The van der Waals surface area contributed by atoms with Gasteiger partial charge in [-0.15, -0.1) is 0 Å². The van der Waals surface area contributed by atoms with E-state index in [9.17, 15) is 23.6 Å². The van der Waals surface area contributed by atoms with Gasteiger partial charge in [0.1, 0.15) is 0 Å². The summed E-state index contributed by atoms with van der Waals surface area (Å²) in [6.07, 6.45) is 0. The van der Waals surface area contributed by atoms with Crippen LogP contribution in [-0.4, -0.2) is 41.4 Å². The number of halogens is 1. The van der Waals surface area contributed by atoms with Crippen LogP contribution in [0.2, 0.25) is 0 Å². The second-order valence-electron chi connectivity index (χ2n) is 5.11. The first kappa shape index (κ1) is 18.0. The average molecular weight is 381 g/mol. The number of hydrogen-bond acceptors (Lipinski definition) is 5. The molecule has 0 aromatic heterocycles. The van der Waals surface area contributed by atoms with Gasteiger partial charge in [0.2, 0.25) is 10.0 Å². The van der Waals surface area contributed by atoms with E-state index in [1.807, 2.05) is 0 Å². The van der Waals surface area contributed by atoms with Gasteiger partial charge in [0, 0.05) is 23.6 Å². The maximum absolute atomic E-state index is 12.6. The molecule has 1 rings (SSSR count). The molecule has 0 amide bonds. The molecular weight excluding hydrogens is 364 g/mol. The van der Waals surface area contributed by atoms with Crippen molar-refractivity contribution in [1.29, 1.82) is 0 Å². The molecule has 0 saturated heterocycles. The van der Waals surface area contributed by atoms with Gasteiger partial charge in [-0.3, -0.25) is 10.1 Å². The molecule has 118 valence electrons. The minimum atomic E-state index is -4.08. The molecule has 0 radical (unpaired) electrons. The summed E-state index contributed by atoms with van der Waals surface area (Å²) in [4.78, 5) is 9.90. The molecule has 0 saturated carbocycles. The zero-order chi connectivity index (χ0) is 16.4. The van der Waals surface area contributed by atoms with Crippen LogP contribution < -0.4 is 0 Å². The van der Waals surface area contributed by atoms with E-state index in [2.05, 4.69) is 15.9 Å². The van der Waals surface area contributed by atoms with Crippen molar-refractivity contribution in [3.8, 4) is 0 Å². The first-order valence-corrected chi connectivity index (χ1v) is 8.39. The Hall–Kier alpha value is -1.03.